The molecule has 0 radical (unpaired) electrons. The summed E-state index contributed by atoms with van der Waals surface area (Å²) in [6, 6.07) is 5.89. The molecule has 0 aliphatic carbocycles. The molecule has 1 aromatic rings. The van der Waals surface area contributed by atoms with E-state index in [0.29, 0.717) is 13.2 Å². The first kappa shape index (κ1) is 11.5. The normalized spacial score (nSPS) is 23.0. The Hall–Kier alpha value is -1.59. The van der Waals surface area contributed by atoms with Crippen LogP contribution in [-0.2, 0) is 16.1 Å². The molecule has 0 bridgehead atoms. The lowest BCUT2D eigenvalue weighted by Crippen LogP contribution is -2.42. The third-order valence-corrected chi connectivity index (χ3v) is 3.20. The van der Waals surface area contributed by atoms with Gasteiger partial charge in [-0.15, -0.1) is 0 Å². The predicted molar refractivity (Wildman–Crippen MR) is 63.6 cm³/mol. The van der Waals surface area contributed by atoms with Gasteiger partial charge in [0.05, 0.1) is 6.61 Å². The third kappa shape index (κ3) is 2.19. The van der Waals surface area contributed by atoms with Crippen molar-refractivity contribution in [2.75, 3.05) is 26.5 Å². The summed E-state index contributed by atoms with van der Waals surface area (Å²) in [4.78, 5) is 12.9. The Balaban J connectivity index is 1.73. The summed E-state index contributed by atoms with van der Waals surface area (Å²) in [6.45, 7) is 3.09. The van der Waals surface area contributed by atoms with Crippen LogP contribution in [0.2, 0.25) is 0 Å². The van der Waals surface area contributed by atoms with Crippen LogP contribution in [0.4, 0.5) is 0 Å². The number of aldehydes is 1. The molecule has 0 saturated carbocycles. The smallest absolute Gasteiger partial charge is 0.231 e. The summed E-state index contributed by atoms with van der Waals surface area (Å²) < 4.78 is 16.1. The van der Waals surface area contributed by atoms with Crippen LogP contribution in [0.25, 0.3) is 0 Å². The Labute approximate surface area is 105 Å². The molecule has 2 aliphatic rings. The van der Waals surface area contributed by atoms with E-state index in [1.54, 1.807) is 0 Å². The fraction of sp³-hybridized carbons (Fsp3) is 0.462. The maximum Gasteiger partial charge on any atom is 0.231 e. The monoisotopic (exact) mass is 249 g/mol. The van der Waals surface area contributed by atoms with E-state index < -0.39 is 0 Å². The van der Waals surface area contributed by atoms with Gasteiger partial charge >= 0.3 is 0 Å². The van der Waals surface area contributed by atoms with Crippen molar-refractivity contribution < 1.29 is 19.0 Å². The minimum atomic E-state index is -0.312. The Bertz CT molecular complexity index is 449. The van der Waals surface area contributed by atoms with Gasteiger partial charge < -0.3 is 19.0 Å². The lowest BCUT2D eigenvalue weighted by atomic mass is 10.1. The Kier molecular flexibility index (Phi) is 3.17. The number of carbonyl (C=O) groups is 1. The number of para-hydroxylation sites is 1. The molecule has 0 N–H and O–H groups in total. The van der Waals surface area contributed by atoms with Crippen LogP contribution in [0.1, 0.15) is 5.56 Å². The van der Waals surface area contributed by atoms with Gasteiger partial charge in [0, 0.05) is 25.2 Å². The number of rotatable bonds is 3. The summed E-state index contributed by atoms with van der Waals surface area (Å²) in [5.74, 6) is 1.62. The highest BCUT2D eigenvalue weighted by molar-refractivity contribution is 5.56. The number of morpholine rings is 1. The average Bonchev–Trinajstić information content (AvgIpc) is 2.88. The van der Waals surface area contributed by atoms with E-state index in [2.05, 4.69) is 4.90 Å². The molecule has 1 aromatic carbocycles. The zero-order valence-corrected chi connectivity index (χ0v) is 10.0. The van der Waals surface area contributed by atoms with Crippen molar-refractivity contribution in [2.24, 2.45) is 0 Å². The fourth-order valence-electron chi connectivity index (χ4n) is 2.31. The number of hydrogen-bond acceptors (Lipinski definition) is 5. The van der Waals surface area contributed by atoms with E-state index in [-0.39, 0.29) is 12.9 Å². The molecule has 0 spiro atoms. The second kappa shape index (κ2) is 4.96. The molecular weight excluding hydrogens is 234 g/mol. The average molecular weight is 249 g/mol. The van der Waals surface area contributed by atoms with Crippen LogP contribution >= 0.6 is 0 Å². The molecule has 96 valence electrons. The summed E-state index contributed by atoms with van der Waals surface area (Å²) >= 11 is 0. The second-order valence-corrected chi connectivity index (χ2v) is 4.43. The maximum atomic E-state index is 10.7. The zero-order valence-electron chi connectivity index (χ0n) is 10.0. The van der Waals surface area contributed by atoms with Crippen molar-refractivity contribution in [1.82, 2.24) is 4.90 Å². The Morgan fingerprint density at radius 1 is 1.39 bits per heavy atom. The summed E-state index contributed by atoms with van der Waals surface area (Å²) in [6.07, 6.45) is 0.550. The van der Waals surface area contributed by atoms with E-state index in [9.17, 15) is 4.79 Å². The van der Waals surface area contributed by atoms with Crippen molar-refractivity contribution in [3.8, 4) is 11.5 Å². The Morgan fingerprint density at radius 3 is 3.22 bits per heavy atom. The molecule has 5 heteroatoms. The van der Waals surface area contributed by atoms with Crippen LogP contribution in [0, 0.1) is 0 Å². The number of carbonyl (C=O) groups excluding carboxylic acids is 1. The van der Waals surface area contributed by atoms with E-state index in [1.807, 2.05) is 18.2 Å². The number of ether oxygens (including phenoxy) is 3. The molecule has 1 unspecified atom stereocenters. The van der Waals surface area contributed by atoms with Crippen LogP contribution in [-0.4, -0.2) is 43.8 Å². The van der Waals surface area contributed by atoms with Gasteiger partial charge in [-0.05, 0) is 6.07 Å². The number of hydrogen-bond donors (Lipinski definition) is 0. The van der Waals surface area contributed by atoms with E-state index >= 15 is 0 Å². The molecule has 18 heavy (non-hydrogen) atoms. The lowest BCUT2D eigenvalue weighted by Gasteiger charge is -2.30. The minimum Gasteiger partial charge on any atom is -0.454 e. The van der Waals surface area contributed by atoms with Gasteiger partial charge in [0.25, 0.3) is 0 Å². The molecular formula is C13H15NO4. The summed E-state index contributed by atoms with van der Waals surface area (Å²) in [7, 11) is 0. The lowest BCUT2D eigenvalue weighted by molar-refractivity contribution is -0.123. The van der Waals surface area contributed by atoms with Crippen molar-refractivity contribution in [3.63, 3.8) is 0 Å². The highest BCUT2D eigenvalue weighted by atomic mass is 16.7. The third-order valence-electron chi connectivity index (χ3n) is 3.20. The molecule has 5 nitrogen and oxygen atoms in total. The van der Waals surface area contributed by atoms with Gasteiger partial charge in [-0.3, -0.25) is 4.90 Å². The molecule has 1 atom stereocenters. The van der Waals surface area contributed by atoms with Crippen LogP contribution in [0.15, 0.2) is 18.2 Å². The topological polar surface area (TPSA) is 48.0 Å². The first-order valence-corrected chi connectivity index (χ1v) is 6.03. The molecule has 2 aliphatic heterocycles. The molecule has 3 rings (SSSR count). The highest BCUT2D eigenvalue weighted by Crippen LogP contribution is 2.35. The van der Waals surface area contributed by atoms with Gasteiger partial charge in [-0.1, -0.05) is 12.1 Å². The highest BCUT2D eigenvalue weighted by Gasteiger charge is 2.23. The van der Waals surface area contributed by atoms with Gasteiger partial charge in [0.1, 0.15) is 12.4 Å². The first-order chi connectivity index (χ1) is 8.86. The van der Waals surface area contributed by atoms with Gasteiger partial charge in [-0.25, -0.2) is 0 Å². The van der Waals surface area contributed by atoms with Gasteiger partial charge in [-0.2, -0.15) is 0 Å². The van der Waals surface area contributed by atoms with Crippen molar-refractivity contribution in [1.29, 1.82) is 0 Å². The fourth-order valence-corrected chi connectivity index (χ4v) is 2.31. The summed E-state index contributed by atoms with van der Waals surface area (Å²) in [5.41, 5.74) is 1.09. The Morgan fingerprint density at radius 2 is 2.33 bits per heavy atom. The predicted octanol–water partition coefficient (Wildman–Crippen LogP) is 0.815. The maximum absolute atomic E-state index is 10.7. The van der Waals surface area contributed by atoms with Crippen molar-refractivity contribution in [3.05, 3.63) is 23.8 Å². The van der Waals surface area contributed by atoms with Gasteiger partial charge in [0.15, 0.2) is 11.5 Å². The SMILES string of the molecule is O=CC1CN(Cc2cccc3c2OCO3)CCO1. The quantitative estimate of drug-likeness (QED) is 0.742. The number of nitrogens with zero attached hydrogens (tertiary/aromatic N) is 1. The van der Waals surface area contributed by atoms with Crippen molar-refractivity contribution >= 4 is 6.29 Å². The van der Waals surface area contributed by atoms with Crippen LogP contribution < -0.4 is 9.47 Å². The molecule has 1 saturated heterocycles. The second-order valence-electron chi connectivity index (χ2n) is 4.43. The largest absolute Gasteiger partial charge is 0.454 e. The number of fused-ring (bicyclic) bond motifs is 1. The van der Waals surface area contributed by atoms with Gasteiger partial charge in [0.2, 0.25) is 6.79 Å². The minimum absolute atomic E-state index is 0.284. The molecule has 2 heterocycles. The van der Waals surface area contributed by atoms with Crippen LogP contribution in [0.5, 0.6) is 11.5 Å². The van der Waals surface area contributed by atoms with E-state index in [0.717, 1.165) is 36.4 Å². The number of benzene rings is 1. The standard InChI is InChI=1S/C13H15NO4/c15-8-11-7-14(4-5-16-11)6-10-2-1-3-12-13(10)18-9-17-12/h1-3,8,11H,4-7,9H2. The first-order valence-electron chi connectivity index (χ1n) is 6.03. The zero-order chi connectivity index (χ0) is 12.4. The van der Waals surface area contributed by atoms with Crippen LogP contribution in [0.3, 0.4) is 0 Å². The molecule has 1 fully saturated rings. The van der Waals surface area contributed by atoms with E-state index in [4.69, 9.17) is 14.2 Å². The molecule has 0 aromatic heterocycles. The summed E-state index contributed by atoms with van der Waals surface area (Å²) in [5, 5.41) is 0. The van der Waals surface area contributed by atoms with Crippen molar-refractivity contribution in [2.45, 2.75) is 12.6 Å². The van der Waals surface area contributed by atoms with E-state index in [1.165, 1.54) is 0 Å². The molecule has 0 amide bonds.